The average molecular weight is 346 g/mol. The van der Waals surface area contributed by atoms with Crippen LogP contribution in [0.1, 0.15) is 17.3 Å². The third-order valence-electron chi connectivity index (χ3n) is 4.39. The minimum atomic E-state index is -0.0140. The van der Waals surface area contributed by atoms with Gasteiger partial charge in [-0.15, -0.1) is 0 Å². The van der Waals surface area contributed by atoms with Gasteiger partial charge in [-0.3, -0.25) is 9.69 Å². The van der Waals surface area contributed by atoms with Crippen molar-refractivity contribution in [3.8, 4) is 0 Å². The number of amides is 1. The average Bonchev–Trinajstić information content (AvgIpc) is 3.12. The molecule has 136 valence electrons. The Balaban J connectivity index is 1.63. The number of imidazole rings is 1. The van der Waals surface area contributed by atoms with Gasteiger partial charge in [0, 0.05) is 45.5 Å². The van der Waals surface area contributed by atoms with E-state index in [-0.39, 0.29) is 12.5 Å². The Morgan fingerprint density at radius 3 is 2.96 bits per heavy atom. The first kappa shape index (κ1) is 17.7. The van der Waals surface area contributed by atoms with E-state index in [1.807, 2.05) is 31.5 Å². The Morgan fingerprint density at radius 1 is 1.40 bits per heavy atom. The van der Waals surface area contributed by atoms with Crippen LogP contribution in [0.4, 0.5) is 0 Å². The molecule has 0 spiro atoms. The summed E-state index contributed by atoms with van der Waals surface area (Å²) < 4.78 is 13.6. The summed E-state index contributed by atoms with van der Waals surface area (Å²) >= 11 is 0. The van der Waals surface area contributed by atoms with Crippen LogP contribution in [0.3, 0.4) is 0 Å². The van der Waals surface area contributed by atoms with Crippen LogP contribution < -0.4 is 0 Å². The highest BCUT2D eigenvalue weighted by molar-refractivity contribution is 5.76. The molecule has 0 saturated carbocycles. The smallest absolute Gasteiger partial charge is 0.248 e. The summed E-state index contributed by atoms with van der Waals surface area (Å²) in [5, 5.41) is 0. The lowest BCUT2D eigenvalue weighted by molar-refractivity contribution is -0.134. The predicted molar refractivity (Wildman–Crippen MR) is 92.8 cm³/mol. The number of rotatable bonds is 6. The van der Waals surface area contributed by atoms with Crippen molar-refractivity contribution in [2.75, 3.05) is 33.9 Å². The quantitative estimate of drug-likeness (QED) is 0.794. The zero-order valence-corrected chi connectivity index (χ0v) is 15.1. The van der Waals surface area contributed by atoms with Gasteiger partial charge in [0.15, 0.2) is 0 Å². The summed E-state index contributed by atoms with van der Waals surface area (Å²) in [5.74, 6) is 3.21. The fourth-order valence-corrected chi connectivity index (χ4v) is 3.08. The first-order valence-electron chi connectivity index (χ1n) is 8.57. The van der Waals surface area contributed by atoms with Crippen molar-refractivity contribution < 1.29 is 13.9 Å². The van der Waals surface area contributed by atoms with E-state index < -0.39 is 0 Å². The molecule has 1 atom stereocenters. The van der Waals surface area contributed by atoms with Crippen molar-refractivity contribution in [2.45, 2.75) is 26.6 Å². The van der Waals surface area contributed by atoms with Crippen LogP contribution >= 0.6 is 0 Å². The molecule has 3 rings (SSSR count). The molecule has 0 radical (unpaired) electrons. The SMILES string of the molecule is Cc1ccc(CN2Cc3nccn3CC(COCC(=O)N(C)C)C2)o1. The Bertz CT molecular complexity index is 707. The monoisotopic (exact) mass is 346 g/mol. The molecule has 1 unspecified atom stereocenters. The number of likely N-dealkylation sites (N-methyl/N-ethyl adjacent to an activating group) is 1. The van der Waals surface area contributed by atoms with E-state index in [1.54, 1.807) is 19.0 Å². The molecular weight excluding hydrogens is 320 g/mol. The standard InChI is InChI=1S/C18H26N4O3/c1-14-4-5-16(25-14)10-21-8-15(12-24-13-18(23)20(2)3)9-22-7-6-19-17(22)11-21/h4-7,15H,8-13H2,1-3H3. The second-order valence-corrected chi connectivity index (χ2v) is 6.85. The van der Waals surface area contributed by atoms with Gasteiger partial charge < -0.3 is 18.6 Å². The van der Waals surface area contributed by atoms with Crippen LogP contribution in [0, 0.1) is 12.8 Å². The molecule has 0 fully saturated rings. The molecule has 0 N–H and O–H groups in total. The molecule has 7 heteroatoms. The number of fused-ring (bicyclic) bond motifs is 1. The molecule has 25 heavy (non-hydrogen) atoms. The first-order valence-corrected chi connectivity index (χ1v) is 8.57. The lowest BCUT2D eigenvalue weighted by Gasteiger charge is -2.23. The summed E-state index contributed by atoms with van der Waals surface area (Å²) in [6.45, 7) is 5.87. The van der Waals surface area contributed by atoms with Crippen LogP contribution in [0.25, 0.3) is 0 Å². The molecule has 2 aromatic heterocycles. The molecule has 2 aromatic rings. The van der Waals surface area contributed by atoms with Crippen LogP contribution in [-0.4, -0.2) is 59.1 Å². The summed E-state index contributed by atoms with van der Waals surface area (Å²) in [6.07, 6.45) is 3.84. The number of aryl methyl sites for hydroxylation is 1. The van der Waals surface area contributed by atoms with Gasteiger partial charge in [0.05, 0.1) is 19.7 Å². The summed E-state index contributed by atoms with van der Waals surface area (Å²) in [6, 6.07) is 4.01. The van der Waals surface area contributed by atoms with Crippen molar-refractivity contribution in [1.29, 1.82) is 0 Å². The van der Waals surface area contributed by atoms with E-state index in [0.29, 0.717) is 12.5 Å². The molecule has 1 aliphatic heterocycles. The maximum Gasteiger partial charge on any atom is 0.248 e. The molecule has 0 saturated heterocycles. The lowest BCUT2D eigenvalue weighted by Crippen LogP contribution is -2.32. The van der Waals surface area contributed by atoms with Crippen molar-refractivity contribution in [1.82, 2.24) is 19.4 Å². The van der Waals surface area contributed by atoms with Crippen LogP contribution in [0.15, 0.2) is 28.9 Å². The second-order valence-electron chi connectivity index (χ2n) is 6.85. The normalized spacial score (nSPS) is 18.0. The van der Waals surface area contributed by atoms with Gasteiger partial charge in [-0.2, -0.15) is 0 Å². The third-order valence-corrected chi connectivity index (χ3v) is 4.39. The number of ether oxygens (including phenoxy) is 1. The van der Waals surface area contributed by atoms with Crippen molar-refractivity contribution >= 4 is 5.91 Å². The number of aromatic nitrogens is 2. The minimum absolute atomic E-state index is 0.0140. The Morgan fingerprint density at radius 2 is 2.24 bits per heavy atom. The van der Waals surface area contributed by atoms with Gasteiger partial charge in [-0.1, -0.05) is 0 Å². The molecule has 0 bridgehead atoms. The fourth-order valence-electron chi connectivity index (χ4n) is 3.08. The molecular formula is C18H26N4O3. The van der Waals surface area contributed by atoms with Crippen molar-refractivity contribution in [3.63, 3.8) is 0 Å². The number of furan rings is 1. The first-order chi connectivity index (χ1) is 12.0. The highest BCUT2D eigenvalue weighted by atomic mass is 16.5. The largest absolute Gasteiger partial charge is 0.465 e. The topological polar surface area (TPSA) is 63.7 Å². The number of hydrogen-bond acceptors (Lipinski definition) is 5. The van der Waals surface area contributed by atoms with Gasteiger partial charge in [-0.25, -0.2) is 4.98 Å². The van der Waals surface area contributed by atoms with E-state index in [4.69, 9.17) is 9.15 Å². The Kier molecular flexibility index (Phi) is 5.55. The highest BCUT2D eigenvalue weighted by Crippen LogP contribution is 2.19. The fraction of sp³-hybridized carbons (Fsp3) is 0.556. The minimum Gasteiger partial charge on any atom is -0.465 e. The number of nitrogens with zero attached hydrogens (tertiary/aromatic N) is 4. The molecule has 0 aliphatic carbocycles. The number of hydrogen-bond donors (Lipinski definition) is 0. The molecule has 7 nitrogen and oxygen atoms in total. The van der Waals surface area contributed by atoms with E-state index in [0.717, 1.165) is 43.5 Å². The zero-order chi connectivity index (χ0) is 17.8. The van der Waals surface area contributed by atoms with E-state index >= 15 is 0 Å². The Hall–Kier alpha value is -2.12. The summed E-state index contributed by atoms with van der Waals surface area (Å²) in [7, 11) is 3.48. The number of carbonyl (C=O) groups is 1. The van der Waals surface area contributed by atoms with Gasteiger partial charge >= 0.3 is 0 Å². The lowest BCUT2D eigenvalue weighted by atomic mass is 10.1. The van der Waals surface area contributed by atoms with Crippen LogP contribution in [0.5, 0.6) is 0 Å². The van der Waals surface area contributed by atoms with Crippen molar-refractivity contribution in [2.24, 2.45) is 5.92 Å². The van der Waals surface area contributed by atoms with E-state index in [9.17, 15) is 4.79 Å². The molecule has 1 aliphatic rings. The van der Waals surface area contributed by atoms with E-state index in [1.165, 1.54) is 0 Å². The molecule has 3 heterocycles. The van der Waals surface area contributed by atoms with Crippen LogP contribution in [-0.2, 0) is 29.2 Å². The zero-order valence-electron chi connectivity index (χ0n) is 15.1. The van der Waals surface area contributed by atoms with Gasteiger partial charge in [-0.05, 0) is 19.1 Å². The summed E-state index contributed by atoms with van der Waals surface area (Å²) in [5.41, 5.74) is 0. The maximum atomic E-state index is 11.7. The third kappa shape index (κ3) is 4.70. The number of carbonyl (C=O) groups excluding carboxylic acids is 1. The Labute approximate surface area is 148 Å². The maximum absolute atomic E-state index is 11.7. The highest BCUT2D eigenvalue weighted by Gasteiger charge is 2.23. The van der Waals surface area contributed by atoms with Gasteiger partial charge in [0.25, 0.3) is 0 Å². The second kappa shape index (κ2) is 7.84. The van der Waals surface area contributed by atoms with E-state index in [2.05, 4.69) is 14.5 Å². The predicted octanol–water partition coefficient (Wildman–Crippen LogP) is 1.52. The van der Waals surface area contributed by atoms with Gasteiger partial charge in [0.2, 0.25) is 5.91 Å². The van der Waals surface area contributed by atoms with Crippen LogP contribution in [0.2, 0.25) is 0 Å². The van der Waals surface area contributed by atoms with Gasteiger partial charge in [0.1, 0.15) is 24.0 Å². The molecule has 1 amide bonds. The summed E-state index contributed by atoms with van der Waals surface area (Å²) in [4.78, 5) is 20.0. The molecule has 0 aromatic carbocycles. The van der Waals surface area contributed by atoms with Crippen molar-refractivity contribution in [3.05, 3.63) is 41.9 Å².